The van der Waals surface area contributed by atoms with E-state index in [9.17, 15) is 14.4 Å². The van der Waals surface area contributed by atoms with Crippen LogP contribution in [0, 0.1) is 0 Å². The molecule has 1 aromatic rings. The molecule has 23 heavy (non-hydrogen) atoms. The molecule has 0 aromatic carbocycles. The van der Waals surface area contributed by atoms with Crippen molar-refractivity contribution in [2.45, 2.75) is 44.3 Å². The van der Waals surface area contributed by atoms with E-state index < -0.39 is 12.1 Å². The SMILES string of the molecule is CCC[C@@H]1NC(=O)[C@@H]2C[C@H](NC(=O)c3cccnc3)CN2C1=O. The topological polar surface area (TPSA) is 91.4 Å². The van der Waals surface area contributed by atoms with Gasteiger partial charge >= 0.3 is 0 Å². The molecule has 3 rings (SSSR count). The third-order valence-electron chi connectivity index (χ3n) is 4.34. The van der Waals surface area contributed by atoms with Crippen molar-refractivity contribution in [2.24, 2.45) is 0 Å². The first-order valence-electron chi connectivity index (χ1n) is 7.92. The van der Waals surface area contributed by atoms with Crippen LogP contribution in [0.2, 0.25) is 0 Å². The highest BCUT2D eigenvalue weighted by molar-refractivity contribution is 5.98. The minimum atomic E-state index is -0.477. The van der Waals surface area contributed by atoms with Gasteiger partial charge in [0.2, 0.25) is 11.8 Å². The van der Waals surface area contributed by atoms with Crippen LogP contribution in [0.4, 0.5) is 0 Å². The van der Waals surface area contributed by atoms with Gasteiger partial charge in [0.1, 0.15) is 12.1 Å². The van der Waals surface area contributed by atoms with Crippen molar-refractivity contribution in [3.63, 3.8) is 0 Å². The number of carbonyl (C=O) groups excluding carboxylic acids is 3. The average Bonchev–Trinajstić information content (AvgIpc) is 2.98. The molecule has 0 radical (unpaired) electrons. The maximum absolute atomic E-state index is 12.4. The summed E-state index contributed by atoms with van der Waals surface area (Å²) in [7, 11) is 0. The molecule has 7 nitrogen and oxygen atoms in total. The van der Waals surface area contributed by atoms with Crippen molar-refractivity contribution >= 4 is 17.7 Å². The molecule has 0 bridgehead atoms. The zero-order chi connectivity index (χ0) is 16.4. The Labute approximate surface area is 134 Å². The van der Waals surface area contributed by atoms with E-state index in [1.807, 2.05) is 6.92 Å². The lowest BCUT2D eigenvalue weighted by Crippen LogP contribution is -2.61. The summed E-state index contributed by atoms with van der Waals surface area (Å²) < 4.78 is 0. The molecule has 3 amide bonds. The molecule has 2 N–H and O–H groups in total. The summed E-state index contributed by atoms with van der Waals surface area (Å²) in [6.07, 6.45) is 5.01. The third-order valence-corrected chi connectivity index (χ3v) is 4.34. The lowest BCUT2D eigenvalue weighted by Gasteiger charge is -2.34. The number of hydrogen-bond donors (Lipinski definition) is 2. The number of hydrogen-bond acceptors (Lipinski definition) is 4. The van der Waals surface area contributed by atoms with Gasteiger partial charge in [-0.3, -0.25) is 19.4 Å². The van der Waals surface area contributed by atoms with Gasteiger partial charge in [-0.05, 0) is 25.0 Å². The maximum atomic E-state index is 12.4. The van der Waals surface area contributed by atoms with E-state index >= 15 is 0 Å². The standard InChI is InChI=1S/C16H20N4O3/c1-2-4-12-16(23)20-9-11(7-13(20)15(22)19-12)18-14(21)10-5-3-6-17-8-10/h3,5-6,8,11-13H,2,4,7,9H2,1H3,(H,18,21)(H,19,22)/t11-,12-,13-/m0/s1. The van der Waals surface area contributed by atoms with E-state index in [0.29, 0.717) is 24.9 Å². The van der Waals surface area contributed by atoms with E-state index in [-0.39, 0.29) is 23.8 Å². The molecule has 0 saturated carbocycles. The van der Waals surface area contributed by atoms with Gasteiger partial charge in [-0.1, -0.05) is 13.3 Å². The van der Waals surface area contributed by atoms with Crippen molar-refractivity contribution in [3.05, 3.63) is 30.1 Å². The number of pyridine rings is 1. The number of piperazine rings is 1. The summed E-state index contributed by atoms with van der Waals surface area (Å²) >= 11 is 0. The highest BCUT2D eigenvalue weighted by Crippen LogP contribution is 2.24. The number of rotatable bonds is 4. The average molecular weight is 316 g/mol. The van der Waals surface area contributed by atoms with Gasteiger partial charge in [0.15, 0.2) is 0 Å². The first kappa shape index (κ1) is 15.5. The molecule has 7 heteroatoms. The van der Waals surface area contributed by atoms with Crippen LogP contribution in [0.15, 0.2) is 24.5 Å². The molecule has 0 unspecified atom stereocenters. The Kier molecular flexibility index (Phi) is 4.27. The van der Waals surface area contributed by atoms with E-state index in [2.05, 4.69) is 15.6 Å². The molecule has 1 aromatic heterocycles. The lowest BCUT2D eigenvalue weighted by molar-refractivity contribution is -0.147. The molecule has 0 aliphatic carbocycles. The van der Waals surface area contributed by atoms with Crippen LogP contribution in [0.25, 0.3) is 0 Å². The third kappa shape index (κ3) is 3.04. The predicted molar refractivity (Wildman–Crippen MR) is 82.4 cm³/mol. The van der Waals surface area contributed by atoms with Crippen molar-refractivity contribution < 1.29 is 14.4 Å². The second-order valence-electron chi connectivity index (χ2n) is 6.00. The minimum absolute atomic E-state index is 0.0467. The summed E-state index contributed by atoms with van der Waals surface area (Å²) in [6.45, 7) is 2.36. The Morgan fingerprint density at radius 1 is 1.48 bits per heavy atom. The van der Waals surface area contributed by atoms with Crippen molar-refractivity contribution in [3.8, 4) is 0 Å². The summed E-state index contributed by atoms with van der Waals surface area (Å²) in [5.74, 6) is -0.406. The van der Waals surface area contributed by atoms with Crippen LogP contribution in [0.3, 0.4) is 0 Å². The number of amides is 3. The molecule has 2 aliphatic heterocycles. The van der Waals surface area contributed by atoms with Crippen LogP contribution in [-0.2, 0) is 9.59 Å². The second-order valence-corrected chi connectivity index (χ2v) is 6.00. The smallest absolute Gasteiger partial charge is 0.253 e. The first-order valence-corrected chi connectivity index (χ1v) is 7.92. The van der Waals surface area contributed by atoms with Crippen LogP contribution in [-0.4, -0.2) is 52.3 Å². The van der Waals surface area contributed by atoms with Crippen molar-refractivity contribution in [1.29, 1.82) is 0 Å². The summed E-state index contributed by atoms with van der Waals surface area (Å²) in [4.78, 5) is 42.3. The lowest BCUT2D eigenvalue weighted by atomic mass is 10.0. The molecule has 2 aliphatic rings. The summed E-state index contributed by atoms with van der Waals surface area (Å²) in [5.41, 5.74) is 0.469. The summed E-state index contributed by atoms with van der Waals surface area (Å²) in [6, 6.07) is 2.24. The largest absolute Gasteiger partial charge is 0.347 e. The number of nitrogens with zero attached hydrogens (tertiary/aromatic N) is 2. The van der Waals surface area contributed by atoms with E-state index in [4.69, 9.17) is 0 Å². The van der Waals surface area contributed by atoms with Crippen molar-refractivity contribution in [1.82, 2.24) is 20.5 Å². The number of carbonyl (C=O) groups is 3. The van der Waals surface area contributed by atoms with Gasteiger partial charge in [0.05, 0.1) is 5.56 Å². The molecule has 0 spiro atoms. The Morgan fingerprint density at radius 3 is 3.00 bits per heavy atom. The fourth-order valence-corrected chi connectivity index (χ4v) is 3.21. The predicted octanol–water partition coefficient (Wildman–Crippen LogP) is 0.0794. The maximum Gasteiger partial charge on any atom is 0.253 e. The van der Waals surface area contributed by atoms with E-state index in [1.165, 1.54) is 6.20 Å². The Bertz CT molecular complexity index is 619. The van der Waals surface area contributed by atoms with Crippen molar-refractivity contribution in [2.75, 3.05) is 6.54 Å². The normalized spacial score (nSPS) is 26.7. The Balaban J connectivity index is 1.66. The van der Waals surface area contributed by atoms with Gasteiger partial charge < -0.3 is 15.5 Å². The van der Waals surface area contributed by atoms with Crippen LogP contribution >= 0.6 is 0 Å². The number of aromatic nitrogens is 1. The van der Waals surface area contributed by atoms with Gasteiger partial charge in [-0.25, -0.2) is 0 Å². The monoisotopic (exact) mass is 316 g/mol. The number of fused-ring (bicyclic) bond motifs is 1. The highest BCUT2D eigenvalue weighted by Gasteiger charge is 2.46. The summed E-state index contributed by atoms with van der Waals surface area (Å²) in [5, 5.41) is 5.68. The molecule has 2 saturated heterocycles. The molecule has 2 fully saturated rings. The first-order chi connectivity index (χ1) is 11.1. The zero-order valence-corrected chi connectivity index (χ0v) is 13.0. The van der Waals surface area contributed by atoms with Crippen LogP contribution in [0.1, 0.15) is 36.5 Å². The van der Waals surface area contributed by atoms with Crippen LogP contribution in [0.5, 0.6) is 0 Å². The fraction of sp³-hybridized carbons (Fsp3) is 0.500. The van der Waals surface area contributed by atoms with Gasteiger partial charge in [0.25, 0.3) is 5.91 Å². The van der Waals surface area contributed by atoms with E-state index in [1.54, 1.807) is 23.2 Å². The number of nitrogens with one attached hydrogen (secondary N) is 2. The fourth-order valence-electron chi connectivity index (χ4n) is 3.21. The van der Waals surface area contributed by atoms with Gasteiger partial charge in [-0.15, -0.1) is 0 Å². The Morgan fingerprint density at radius 2 is 2.30 bits per heavy atom. The molecular formula is C16H20N4O3. The molecule has 3 atom stereocenters. The second kappa shape index (κ2) is 6.36. The minimum Gasteiger partial charge on any atom is -0.347 e. The highest BCUT2D eigenvalue weighted by atomic mass is 16.2. The Hall–Kier alpha value is -2.44. The molecule has 122 valence electrons. The van der Waals surface area contributed by atoms with E-state index in [0.717, 1.165) is 6.42 Å². The zero-order valence-electron chi connectivity index (χ0n) is 13.0. The van der Waals surface area contributed by atoms with Gasteiger partial charge in [-0.2, -0.15) is 0 Å². The van der Waals surface area contributed by atoms with Gasteiger partial charge in [0, 0.05) is 25.0 Å². The molecule has 3 heterocycles. The molecular weight excluding hydrogens is 296 g/mol. The quantitative estimate of drug-likeness (QED) is 0.823. The van der Waals surface area contributed by atoms with Crippen LogP contribution < -0.4 is 10.6 Å².